The lowest BCUT2D eigenvalue weighted by atomic mass is 9.88. The van der Waals surface area contributed by atoms with Crippen LogP contribution in [0.1, 0.15) is 17.3 Å². The van der Waals surface area contributed by atoms with Gasteiger partial charge in [-0.1, -0.05) is 13.0 Å². The van der Waals surface area contributed by atoms with Crippen molar-refractivity contribution >= 4 is 5.91 Å². The maximum absolute atomic E-state index is 12.1. The minimum atomic E-state index is -2.90. The third-order valence-corrected chi connectivity index (χ3v) is 2.90. The predicted molar refractivity (Wildman–Crippen MR) is 64.3 cm³/mol. The topological polar surface area (TPSA) is 47.6 Å². The number of nitrogens with one attached hydrogen (secondary N) is 1. The normalized spacial score (nSPS) is 16.8. The van der Waals surface area contributed by atoms with Crippen molar-refractivity contribution in [2.45, 2.75) is 13.5 Å². The van der Waals surface area contributed by atoms with E-state index >= 15 is 0 Å². The molecule has 1 N–H and O–H groups in total. The molecule has 1 aliphatic rings. The summed E-state index contributed by atoms with van der Waals surface area (Å²) >= 11 is 0. The molecule has 1 saturated heterocycles. The molecule has 1 aromatic carbocycles. The van der Waals surface area contributed by atoms with E-state index in [0.717, 1.165) is 0 Å². The van der Waals surface area contributed by atoms with Gasteiger partial charge in [0.05, 0.1) is 13.2 Å². The molecule has 4 nitrogen and oxygen atoms in total. The van der Waals surface area contributed by atoms with E-state index in [1.54, 1.807) is 6.07 Å². The van der Waals surface area contributed by atoms with Crippen LogP contribution in [0.5, 0.6) is 5.75 Å². The Morgan fingerprint density at radius 2 is 2.26 bits per heavy atom. The Bertz CT molecular complexity index is 461. The van der Waals surface area contributed by atoms with Crippen molar-refractivity contribution in [3.8, 4) is 5.75 Å². The molecule has 0 unspecified atom stereocenters. The maximum Gasteiger partial charge on any atom is 0.387 e. The molecule has 0 bridgehead atoms. The Balaban J connectivity index is 1.94. The van der Waals surface area contributed by atoms with Gasteiger partial charge in [-0.2, -0.15) is 8.78 Å². The number of hydrogen-bond acceptors (Lipinski definition) is 3. The summed E-state index contributed by atoms with van der Waals surface area (Å²) in [6.45, 7) is 0.826. The standard InChI is InChI=1S/C13H15F2NO3/c1-13(7-18-8-13)6-16-11(17)9-3-2-4-10(5-9)19-12(14)15/h2-5,12H,6-8H2,1H3,(H,16,17). The Morgan fingerprint density at radius 1 is 1.53 bits per heavy atom. The van der Waals surface area contributed by atoms with Crippen LogP contribution in [0.15, 0.2) is 24.3 Å². The molecular formula is C13H15F2NO3. The quantitative estimate of drug-likeness (QED) is 0.891. The van der Waals surface area contributed by atoms with Gasteiger partial charge in [-0.15, -0.1) is 0 Å². The first kappa shape index (κ1) is 13.7. The number of alkyl halides is 2. The van der Waals surface area contributed by atoms with Crippen LogP contribution in [0, 0.1) is 5.41 Å². The van der Waals surface area contributed by atoms with Gasteiger partial charge < -0.3 is 14.8 Å². The second kappa shape index (κ2) is 5.52. The van der Waals surface area contributed by atoms with Crippen LogP contribution >= 0.6 is 0 Å². The first-order chi connectivity index (χ1) is 8.98. The highest BCUT2D eigenvalue weighted by Gasteiger charge is 2.33. The lowest BCUT2D eigenvalue weighted by Crippen LogP contribution is -2.48. The zero-order valence-electron chi connectivity index (χ0n) is 10.5. The Kier molecular flexibility index (Phi) is 3.99. The van der Waals surface area contributed by atoms with Crippen molar-refractivity contribution in [3.63, 3.8) is 0 Å². The van der Waals surface area contributed by atoms with Crippen LogP contribution in [-0.2, 0) is 4.74 Å². The second-order valence-electron chi connectivity index (χ2n) is 4.89. The summed E-state index contributed by atoms with van der Waals surface area (Å²) in [5, 5.41) is 2.76. The van der Waals surface area contributed by atoms with Crippen molar-refractivity contribution in [1.82, 2.24) is 5.32 Å². The molecule has 1 aromatic rings. The predicted octanol–water partition coefficient (Wildman–Crippen LogP) is 2.05. The molecule has 1 fully saturated rings. The minimum Gasteiger partial charge on any atom is -0.435 e. The van der Waals surface area contributed by atoms with Crippen molar-refractivity contribution < 1.29 is 23.0 Å². The average Bonchev–Trinajstić information content (AvgIpc) is 2.33. The molecule has 1 amide bonds. The van der Waals surface area contributed by atoms with Gasteiger partial charge in [0.25, 0.3) is 5.91 Å². The number of rotatable bonds is 5. The first-order valence-corrected chi connectivity index (χ1v) is 5.89. The van der Waals surface area contributed by atoms with Gasteiger partial charge in [0.15, 0.2) is 0 Å². The second-order valence-corrected chi connectivity index (χ2v) is 4.89. The molecule has 0 atom stereocenters. The maximum atomic E-state index is 12.1. The minimum absolute atomic E-state index is 0.0270. The van der Waals surface area contributed by atoms with E-state index in [9.17, 15) is 13.6 Å². The number of ether oxygens (including phenoxy) is 2. The highest BCUT2D eigenvalue weighted by Crippen LogP contribution is 2.25. The van der Waals surface area contributed by atoms with Gasteiger partial charge in [-0.3, -0.25) is 4.79 Å². The number of hydrogen-bond donors (Lipinski definition) is 1. The SMILES string of the molecule is CC1(CNC(=O)c2cccc(OC(F)F)c2)COC1. The van der Waals surface area contributed by atoms with Gasteiger partial charge in [-0.25, -0.2) is 0 Å². The van der Waals surface area contributed by atoms with Gasteiger partial charge in [-0.05, 0) is 18.2 Å². The Morgan fingerprint density at radius 3 is 2.84 bits per heavy atom. The monoisotopic (exact) mass is 271 g/mol. The number of amides is 1. The van der Waals surface area contributed by atoms with Crippen molar-refractivity contribution in [2.24, 2.45) is 5.41 Å². The molecule has 2 rings (SSSR count). The number of carbonyl (C=O) groups excluding carboxylic acids is 1. The summed E-state index contributed by atoms with van der Waals surface area (Å²) in [5.41, 5.74) is 0.259. The molecule has 1 heterocycles. The van der Waals surface area contributed by atoms with Crippen LogP contribution in [0.3, 0.4) is 0 Å². The van der Waals surface area contributed by atoms with Crippen molar-refractivity contribution in [1.29, 1.82) is 0 Å². The van der Waals surface area contributed by atoms with Crippen molar-refractivity contribution in [2.75, 3.05) is 19.8 Å². The van der Waals surface area contributed by atoms with Crippen LogP contribution < -0.4 is 10.1 Å². The summed E-state index contributed by atoms with van der Waals surface area (Å²) in [4.78, 5) is 11.9. The molecule has 104 valence electrons. The van der Waals surface area contributed by atoms with Crippen molar-refractivity contribution in [3.05, 3.63) is 29.8 Å². The van der Waals surface area contributed by atoms with E-state index in [1.165, 1.54) is 18.2 Å². The zero-order chi connectivity index (χ0) is 13.9. The molecule has 19 heavy (non-hydrogen) atoms. The molecular weight excluding hydrogens is 256 g/mol. The van der Waals surface area contributed by atoms with Gasteiger partial charge in [0, 0.05) is 17.5 Å². The summed E-state index contributed by atoms with van der Waals surface area (Å²) in [6, 6.07) is 5.72. The zero-order valence-corrected chi connectivity index (χ0v) is 10.5. The van der Waals surface area contributed by atoms with Crippen LogP contribution in [0.2, 0.25) is 0 Å². The Labute approximate surface area is 109 Å². The fourth-order valence-corrected chi connectivity index (χ4v) is 1.76. The highest BCUT2D eigenvalue weighted by molar-refractivity contribution is 5.94. The smallest absolute Gasteiger partial charge is 0.387 e. The van der Waals surface area contributed by atoms with Crippen LogP contribution in [0.4, 0.5) is 8.78 Å². The third kappa shape index (κ3) is 3.64. The molecule has 1 aliphatic heterocycles. The van der Waals surface area contributed by atoms with Gasteiger partial charge in [0.2, 0.25) is 0 Å². The summed E-state index contributed by atoms with van der Waals surface area (Å²) in [5.74, 6) is -0.339. The fourth-order valence-electron chi connectivity index (χ4n) is 1.76. The van der Waals surface area contributed by atoms with E-state index in [0.29, 0.717) is 25.3 Å². The number of carbonyl (C=O) groups is 1. The molecule has 0 radical (unpaired) electrons. The summed E-state index contributed by atoms with van der Waals surface area (Å²) in [7, 11) is 0. The van der Waals surface area contributed by atoms with Crippen LogP contribution in [0.25, 0.3) is 0 Å². The average molecular weight is 271 g/mol. The molecule has 0 saturated carbocycles. The summed E-state index contributed by atoms with van der Waals surface area (Å²) < 4.78 is 33.5. The Hall–Kier alpha value is -1.69. The van der Waals surface area contributed by atoms with E-state index < -0.39 is 6.61 Å². The van der Waals surface area contributed by atoms with E-state index in [-0.39, 0.29) is 17.1 Å². The van der Waals surface area contributed by atoms with Gasteiger partial charge in [0.1, 0.15) is 5.75 Å². The van der Waals surface area contributed by atoms with Gasteiger partial charge >= 0.3 is 6.61 Å². The number of benzene rings is 1. The fraction of sp³-hybridized carbons (Fsp3) is 0.462. The largest absolute Gasteiger partial charge is 0.435 e. The van der Waals surface area contributed by atoms with E-state index in [2.05, 4.69) is 10.1 Å². The third-order valence-electron chi connectivity index (χ3n) is 2.90. The van der Waals surface area contributed by atoms with Crippen LogP contribution in [-0.4, -0.2) is 32.3 Å². The molecule has 0 aromatic heterocycles. The summed E-state index contributed by atoms with van der Waals surface area (Å²) in [6.07, 6.45) is 0. The molecule has 0 spiro atoms. The molecule has 6 heteroatoms. The lowest BCUT2D eigenvalue weighted by Gasteiger charge is -2.38. The highest BCUT2D eigenvalue weighted by atomic mass is 19.3. The lowest BCUT2D eigenvalue weighted by molar-refractivity contribution is -0.0978. The molecule has 0 aliphatic carbocycles. The number of halogens is 2. The van der Waals surface area contributed by atoms with E-state index in [4.69, 9.17) is 4.74 Å². The van der Waals surface area contributed by atoms with E-state index in [1.807, 2.05) is 6.92 Å². The first-order valence-electron chi connectivity index (χ1n) is 5.89.